The first-order chi connectivity index (χ1) is 16.2. The van der Waals surface area contributed by atoms with Crippen molar-refractivity contribution in [2.75, 3.05) is 5.43 Å². The Morgan fingerprint density at radius 1 is 0.848 bits per heavy atom. The number of aromatic nitrogens is 2. The van der Waals surface area contributed by atoms with Crippen LogP contribution in [0.4, 0.5) is 0 Å². The molecule has 0 atom stereocenters. The van der Waals surface area contributed by atoms with Crippen molar-refractivity contribution in [2.24, 2.45) is 0 Å². The number of carbonyl (C=O) groups is 1. The van der Waals surface area contributed by atoms with E-state index in [0.29, 0.717) is 15.8 Å². The molecule has 0 unspecified atom stereocenters. The summed E-state index contributed by atoms with van der Waals surface area (Å²) in [5.41, 5.74) is 6.18. The van der Waals surface area contributed by atoms with Crippen LogP contribution in [0.25, 0.3) is 21.3 Å². The van der Waals surface area contributed by atoms with Gasteiger partial charge in [0.1, 0.15) is 11.2 Å². The van der Waals surface area contributed by atoms with Gasteiger partial charge < -0.3 is 0 Å². The number of hydrogen-bond acceptors (Lipinski definition) is 4. The molecule has 1 N–H and O–H groups in total. The van der Waals surface area contributed by atoms with E-state index >= 15 is 0 Å². The molecule has 0 fully saturated rings. The normalized spacial score (nSPS) is 10.4. The zero-order chi connectivity index (χ0) is 22.6. The van der Waals surface area contributed by atoms with E-state index in [1.165, 1.54) is 17.7 Å². The molecule has 1 amide bonds. The molecule has 2 heterocycles. The van der Waals surface area contributed by atoms with Gasteiger partial charge in [-0.3, -0.25) is 15.0 Å². The highest BCUT2D eigenvalue weighted by Crippen LogP contribution is 2.30. The van der Waals surface area contributed by atoms with Crippen LogP contribution in [-0.2, 0) is 0 Å². The number of hydrogen-bond donors (Lipinski definition) is 1. The van der Waals surface area contributed by atoms with Crippen molar-refractivity contribution < 1.29 is 4.79 Å². The molecule has 0 aliphatic heterocycles. The summed E-state index contributed by atoms with van der Waals surface area (Å²) in [5.74, 6) is 5.76. The maximum atomic E-state index is 13.1. The summed E-state index contributed by atoms with van der Waals surface area (Å²) in [4.78, 5) is 30.9. The summed E-state index contributed by atoms with van der Waals surface area (Å²) < 4.78 is 1.13. The average molecular weight is 448 g/mol. The third kappa shape index (κ3) is 4.31. The Hall–Kier alpha value is -4.47. The number of benzene rings is 3. The molecule has 5 aromatic rings. The zero-order valence-corrected chi connectivity index (χ0v) is 18.2. The molecule has 5 nitrogen and oxygen atoms in total. The number of carbonyl (C=O) groups excluding carboxylic acids is 1. The molecule has 3 aromatic carbocycles. The summed E-state index contributed by atoms with van der Waals surface area (Å²) >= 11 is 1.40. The van der Waals surface area contributed by atoms with Gasteiger partial charge in [0.2, 0.25) is 0 Å². The molecule has 2 aromatic heterocycles. The lowest BCUT2D eigenvalue weighted by molar-refractivity contribution is 0.101. The Labute approximate surface area is 194 Å². The first kappa shape index (κ1) is 20.4. The Balaban J connectivity index is 1.39. The van der Waals surface area contributed by atoms with E-state index in [1.807, 2.05) is 66.0 Å². The number of nitrogens with zero attached hydrogens (tertiary/aromatic N) is 2. The maximum Gasteiger partial charge on any atom is 0.281 e. The highest BCUT2D eigenvalue weighted by Gasteiger charge is 2.15. The van der Waals surface area contributed by atoms with E-state index in [1.54, 1.807) is 24.3 Å². The lowest BCUT2D eigenvalue weighted by atomic mass is 10.1. The van der Waals surface area contributed by atoms with Crippen molar-refractivity contribution in [1.82, 2.24) is 9.66 Å². The van der Waals surface area contributed by atoms with Gasteiger partial charge in [0.25, 0.3) is 11.5 Å². The van der Waals surface area contributed by atoms with E-state index in [0.717, 1.165) is 26.9 Å². The predicted octanol–water partition coefficient (Wildman–Crippen LogP) is 4.91. The van der Waals surface area contributed by atoms with Crippen LogP contribution in [0, 0.1) is 11.8 Å². The van der Waals surface area contributed by atoms with E-state index in [-0.39, 0.29) is 5.56 Å². The SMILES string of the molecule is O=C(Nn1cnc2scc(-c3ccccc3)c2c1=O)c1ccc(C#Cc2ccccc2)cc1. The van der Waals surface area contributed by atoms with Gasteiger partial charge in [-0.15, -0.1) is 11.3 Å². The van der Waals surface area contributed by atoms with Crippen molar-refractivity contribution in [2.45, 2.75) is 0 Å². The lowest BCUT2D eigenvalue weighted by Gasteiger charge is -2.08. The summed E-state index contributed by atoms with van der Waals surface area (Å²) in [6.07, 6.45) is 1.34. The fraction of sp³-hybridized carbons (Fsp3) is 0. The quantitative estimate of drug-likeness (QED) is 0.400. The number of thiophene rings is 1. The molecule has 0 radical (unpaired) electrons. The van der Waals surface area contributed by atoms with Gasteiger partial charge in [-0.1, -0.05) is 60.4 Å². The van der Waals surface area contributed by atoms with Crippen LogP contribution in [0.2, 0.25) is 0 Å². The Kier molecular flexibility index (Phi) is 5.54. The van der Waals surface area contributed by atoms with E-state index in [4.69, 9.17) is 0 Å². The van der Waals surface area contributed by atoms with Crippen molar-refractivity contribution in [1.29, 1.82) is 0 Å². The standard InChI is InChI=1S/C27H17N3O2S/c31-25(22-15-13-20(14-16-22)12-11-19-7-3-1-4-8-19)29-30-18-28-26-24(27(30)32)23(17-33-26)21-9-5-2-6-10-21/h1-10,13-18H,(H,29,31). The minimum atomic E-state index is -0.405. The molecule has 0 spiro atoms. The third-order valence-electron chi connectivity index (χ3n) is 5.07. The van der Waals surface area contributed by atoms with E-state index < -0.39 is 5.91 Å². The first-order valence-corrected chi connectivity index (χ1v) is 11.1. The molecular weight excluding hydrogens is 430 g/mol. The maximum absolute atomic E-state index is 13.1. The smallest absolute Gasteiger partial charge is 0.267 e. The minimum Gasteiger partial charge on any atom is -0.267 e. The molecular formula is C27H17N3O2S. The number of rotatable bonds is 3. The van der Waals surface area contributed by atoms with Crippen LogP contribution < -0.4 is 11.0 Å². The minimum absolute atomic E-state index is 0.321. The zero-order valence-electron chi connectivity index (χ0n) is 17.4. The molecule has 0 bridgehead atoms. The van der Waals surface area contributed by atoms with E-state index in [9.17, 15) is 9.59 Å². The Bertz CT molecular complexity index is 1560. The molecule has 158 valence electrons. The summed E-state index contributed by atoms with van der Waals surface area (Å²) in [7, 11) is 0. The van der Waals surface area contributed by atoms with Crippen LogP contribution in [0.3, 0.4) is 0 Å². The lowest BCUT2D eigenvalue weighted by Crippen LogP contribution is -2.33. The fourth-order valence-corrected chi connectivity index (χ4v) is 4.29. The molecule has 0 saturated carbocycles. The van der Waals surface area contributed by atoms with Crippen LogP contribution in [0.1, 0.15) is 21.5 Å². The van der Waals surface area contributed by atoms with Crippen LogP contribution in [0.15, 0.2) is 101 Å². The average Bonchev–Trinajstić information content (AvgIpc) is 3.31. The number of amides is 1. The van der Waals surface area contributed by atoms with Crippen molar-refractivity contribution in [3.8, 4) is 23.0 Å². The van der Waals surface area contributed by atoms with Gasteiger partial charge in [-0.25, -0.2) is 9.66 Å². The molecule has 6 heteroatoms. The summed E-state index contributed by atoms with van der Waals surface area (Å²) in [5, 5.41) is 2.40. The molecule has 0 aliphatic rings. The molecule has 0 saturated heterocycles. The summed E-state index contributed by atoms with van der Waals surface area (Å²) in [6, 6.07) is 26.3. The van der Waals surface area contributed by atoms with Gasteiger partial charge in [-0.05, 0) is 42.0 Å². The fourth-order valence-electron chi connectivity index (χ4n) is 3.39. The second-order valence-electron chi connectivity index (χ2n) is 7.25. The van der Waals surface area contributed by atoms with Gasteiger partial charge in [-0.2, -0.15) is 0 Å². The van der Waals surface area contributed by atoms with Gasteiger partial charge in [0.15, 0.2) is 0 Å². The first-order valence-electron chi connectivity index (χ1n) is 10.2. The van der Waals surface area contributed by atoms with Crippen LogP contribution in [-0.4, -0.2) is 15.6 Å². The monoisotopic (exact) mass is 447 g/mol. The molecule has 0 aliphatic carbocycles. The van der Waals surface area contributed by atoms with Gasteiger partial charge in [0.05, 0.1) is 5.39 Å². The Morgan fingerprint density at radius 3 is 2.18 bits per heavy atom. The third-order valence-corrected chi connectivity index (χ3v) is 5.96. The van der Waals surface area contributed by atoms with Crippen molar-refractivity contribution in [3.05, 3.63) is 124 Å². The topological polar surface area (TPSA) is 64.0 Å². The largest absolute Gasteiger partial charge is 0.281 e. The molecule has 33 heavy (non-hydrogen) atoms. The second-order valence-corrected chi connectivity index (χ2v) is 8.11. The highest BCUT2D eigenvalue weighted by molar-refractivity contribution is 7.17. The van der Waals surface area contributed by atoms with Gasteiger partial charge >= 0.3 is 0 Å². The van der Waals surface area contributed by atoms with E-state index in [2.05, 4.69) is 22.3 Å². The number of fused-ring (bicyclic) bond motifs is 1. The van der Waals surface area contributed by atoms with Crippen LogP contribution in [0.5, 0.6) is 0 Å². The predicted molar refractivity (Wildman–Crippen MR) is 132 cm³/mol. The van der Waals surface area contributed by atoms with Crippen molar-refractivity contribution in [3.63, 3.8) is 0 Å². The number of nitrogens with one attached hydrogen (secondary N) is 1. The van der Waals surface area contributed by atoms with Gasteiger partial charge in [0, 0.05) is 27.6 Å². The highest BCUT2D eigenvalue weighted by atomic mass is 32.1. The second kappa shape index (κ2) is 8.95. The Morgan fingerprint density at radius 2 is 1.48 bits per heavy atom. The van der Waals surface area contributed by atoms with Crippen LogP contribution >= 0.6 is 11.3 Å². The molecule has 5 rings (SSSR count). The summed E-state index contributed by atoms with van der Waals surface area (Å²) in [6.45, 7) is 0. The van der Waals surface area contributed by atoms with Crippen molar-refractivity contribution >= 4 is 27.5 Å².